The molecule has 1 aliphatic rings. The number of nitrogens with zero attached hydrogens (tertiary/aromatic N) is 1. The first kappa shape index (κ1) is 10.5. The average molecular weight is 225 g/mol. The lowest BCUT2D eigenvalue weighted by Crippen LogP contribution is -2.28. The van der Waals surface area contributed by atoms with Crippen molar-refractivity contribution in [2.75, 3.05) is 12.3 Å². The zero-order valence-corrected chi connectivity index (χ0v) is 9.26. The molecule has 2 rings (SSSR count). The quantitative estimate of drug-likeness (QED) is 0.731. The van der Waals surface area contributed by atoms with Crippen molar-refractivity contribution in [3.8, 4) is 0 Å². The maximum Gasteiger partial charge on any atom is 0.220 e. The number of carbonyl (C=O) groups is 1. The molecule has 1 aromatic carbocycles. The molecule has 1 aromatic rings. The Morgan fingerprint density at radius 2 is 2.27 bits per heavy atom. The van der Waals surface area contributed by atoms with E-state index >= 15 is 0 Å². The van der Waals surface area contributed by atoms with Crippen LogP contribution in [-0.4, -0.2) is 23.1 Å². The SMILES string of the molecule is CC(=O)N1CCSC1c1ccccc1F. The molecule has 1 unspecified atom stereocenters. The van der Waals surface area contributed by atoms with E-state index in [1.807, 2.05) is 0 Å². The Morgan fingerprint density at radius 3 is 2.93 bits per heavy atom. The van der Waals surface area contributed by atoms with Gasteiger partial charge >= 0.3 is 0 Å². The van der Waals surface area contributed by atoms with Gasteiger partial charge in [0.25, 0.3) is 0 Å². The Bertz CT molecular complexity index is 383. The molecule has 4 heteroatoms. The lowest BCUT2D eigenvalue weighted by Gasteiger charge is -2.22. The number of halogens is 1. The third-order valence-corrected chi connectivity index (χ3v) is 3.71. The number of rotatable bonds is 1. The number of hydrogen-bond donors (Lipinski definition) is 0. The van der Waals surface area contributed by atoms with Crippen LogP contribution in [0.5, 0.6) is 0 Å². The van der Waals surface area contributed by atoms with Crippen molar-refractivity contribution in [3.05, 3.63) is 35.6 Å². The molecule has 0 N–H and O–H groups in total. The van der Waals surface area contributed by atoms with Crippen LogP contribution in [0.3, 0.4) is 0 Å². The minimum absolute atomic E-state index is 0.00764. The van der Waals surface area contributed by atoms with Crippen LogP contribution in [-0.2, 0) is 4.79 Å². The van der Waals surface area contributed by atoms with Gasteiger partial charge in [-0.15, -0.1) is 11.8 Å². The van der Waals surface area contributed by atoms with Gasteiger partial charge in [0.2, 0.25) is 5.91 Å². The fraction of sp³-hybridized carbons (Fsp3) is 0.364. The topological polar surface area (TPSA) is 20.3 Å². The third kappa shape index (κ3) is 2.00. The lowest BCUT2D eigenvalue weighted by atomic mass is 10.2. The average Bonchev–Trinajstić information content (AvgIpc) is 2.67. The second-order valence-corrected chi connectivity index (χ2v) is 4.65. The molecule has 15 heavy (non-hydrogen) atoms. The number of carbonyl (C=O) groups excluding carboxylic acids is 1. The third-order valence-electron chi connectivity index (χ3n) is 2.47. The fourth-order valence-corrected chi connectivity index (χ4v) is 3.06. The van der Waals surface area contributed by atoms with E-state index in [0.29, 0.717) is 12.1 Å². The molecule has 1 atom stereocenters. The fourth-order valence-electron chi connectivity index (χ4n) is 1.73. The van der Waals surface area contributed by atoms with Crippen molar-refractivity contribution < 1.29 is 9.18 Å². The number of benzene rings is 1. The molecule has 1 saturated heterocycles. The molecular formula is C11H12FNOS. The molecule has 0 spiro atoms. The maximum atomic E-state index is 13.5. The summed E-state index contributed by atoms with van der Waals surface area (Å²) in [6.07, 6.45) is 0. The van der Waals surface area contributed by atoms with Crippen LogP contribution in [0.2, 0.25) is 0 Å². The molecule has 1 amide bonds. The van der Waals surface area contributed by atoms with E-state index < -0.39 is 0 Å². The summed E-state index contributed by atoms with van der Waals surface area (Å²) in [4.78, 5) is 13.0. The first-order valence-corrected chi connectivity index (χ1v) is 5.88. The highest BCUT2D eigenvalue weighted by Crippen LogP contribution is 2.38. The van der Waals surface area contributed by atoms with Gasteiger partial charge in [0, 0.05) is 24.8 Å². The van der Waals surface area contributed by atoms with Gasteiger partial charge < -0.3 is 4.90 Å². The van der Waals surface area contributed by atoms with E-state index in [1.165, 1.54) is 13.0 Å². The normalized spacial score (nSPS) is 20.7. The van der Waals surface area contributed by atoms with Gasteiger partial charge in [0.1, 0.15) is 11.2 Å². The number of amides is 1. The van der Waals surface area contributed by atoms with Gasteiger partial charge in [-0.1, -0.05) is 18.2 Å². The molecule has 1 fully saturated rings. The Kier molecular flexibility index (Phi) is 2.95. The Hall–Kier alpha value is -1.03. The Balaban J connectivity index is 2.30. The van der Waals surface area contributed by atoms with Crippen LogP contribution in [0.1, 0.15) is 17.9 Å². The maximum absolute atomic E-state index is 13.5. The predicted octanol–water partition coefficient (Wildman–Crippen LogP) is 2.42. The summed E-state index contributed by atoms with van der Waals surface area (Å²) in [5.74, 6) is 0.648. The first-order valence-electron chi connectivity index (χ1n) is 4.83. The van der Waals surface area contributed by atoms with Gasteiger partial charge in [0.05, 0.1) is 0 Å². The van der Waals surface area contributed by atoms with Crippen molar-refractivity contribution in [1.82, 2.24) is 4.90 Å². The summed E-state index contributed by atoms with van der Waals surface area (Å²) in [7, 11) is 0. The van der Waals surface area contributed by atoms with E-state index in [-0.39, 0.29) is 17.1 Å². The zero-order chi connectivity index (χ0) is 10.8. The summed E-state index contributed by atoms with van der Waals surface area (Å²) >= 11 is 1.61. The summed E-state index contributed by atoms with van der Waals surface area (Å²) in [5, 5.41) is -0.149. The van der Waals surface area contributed by atoms with E-state index in [1.54, 1.807) is 34.9 Å². The molecule has 0 aliphatic carbocycles. The second kappa shape index (κ2) is 4.23. The highest BCUT2D eigenvalue weighted by Gasteiger charge is 2.30. The molecule has 0 bridgehead atoms. The molecule has 80 valence electrons. The van der Waals surface area contributed by atoms with Crippen molar-refractivity contribution >= 4 is 17.7 Å². The van der Waals surface area contributed by atoms with Crippen molar-refractivity contribution in [1.29, 1.82) is 0 Å². The molecule has 2 nitrogen and oxygen atoms in total. The second-order valence-electron chi connectivity index (χ2n) is 3.46. The number of thioether (sulfide) groups is 1. The molecule has 0 radical (unpaired) electrons. The van der Waals surface area contributed by atoms with E-state index in [4.69, 9.17) is 0 Å². The molecule has 1 aliphatic heterocycles. The highest BCUT2D eigenvalue weighted by molar-refractivity contribution is 7.99. The Labute approximate surface area is 92.5 Å². The van der Waals surface area contributed by atoms with Crippen LogP contribution in [0, 0.1) is 5.82 Å². The van der Waals surface area contributed by atoms with E-state index in [0.717, 1.165) is 5.75 Å². The molecule has 0 saturated carbocycles. The van der Waals surface area contributed by atoms with Gasteiger partial charge in [-0.25, -0.2) is 4.39 Å². The van der Waals surface area contributed by atoms with Crippen molar-refractivity contribution in [3.63, 3.8) is 0 Å². The largest absolute Gasteiger partial charge is 0.326 e. The Morgan fingerprint density at radius 1 is 1.53 bits per heavy atom. The van der Waals surface area contributed by atoms with Gasteiger partial charge in [-0.05, 0) is 6.07 Å². The molecule has 1 heterocycles. The van der Waals surface area contributed by atoms with E-state index in [2.05, 4.69) is 0 Å². The van der Waals surface area contributed by atoms with Crippen LogP contribution in [0.25, 0.3) is 0 Å². The van der Waals surface area contributed by atoms with Crippen LogP contribution < -0.4 is 0 Å². The summed E-state index contributed by atoms with van der Waals surface area (Å²) in [6, 6.07) is 6.65. The minimum atomic E-state index is -0.233. The summed E-state index contributed by atoms with van der Waals surface area (Å²) < 4.78 is 13.5. The van der Waals surface area contributed by atoms with E-state index in [9.17, 15) is 9.18 Å². The zero-order valence-electron chi connectivity index (χ0n) is 8.44. The minimum Gasteiger partial charge on any atom is -0.326 e. The monoisotopic (exact) mass is 225 g/mol. The van der Waals surface area contributed by atoms with Crippen molar-refractivity contribution in [2.45, 2.75) is 12.3 Å². The lowest BCUT2D eigenvalue weighted by molar-refractivity contribution is -0.128. The van der Waals surface area contributed by atoms with Crippen molar-refractivity contribution in [2.24, 2.45) is 0 Å². The predicted molar refractivity (Wildman–Crippen MR) is 59.0 cm³/mol. The first-order chi connectivity index (χ1) is 7.20. The van der Waals surface area contributed by atoms with Crippen LogP contribution in [0.4, 0.5) is 4.39 Å². The number of hydrogen-bond acceptors (Lipinski definition) is 2. The summed E-state index contributed by atoms with van der Waals surface area (Å²) in [5.41, 5.74) is 0.607. The van der Waals surface area contributed by atoms with Crippen LogP contribution >= 0.6 is 11.8 Å². The van der Waals surface area contributed by atoms with Gasteiger partial charge in [0.15, 0.2) is 0 Å². The smallest absolute Gasteiger partial charge is 0.220 e. The summed E-state index contributed by atoms with van der Waals surface area (Å²) in [6.45, 7) is 2.23. The van der Waals surface area contributed by atoms with Gasteiger partial charge in [-0.2, -0.15) is 0 Å². The standard InChI is InChI=1S/C11H12FNOS/c1-8(14)13-6-7-15-11(13)9-4-2-3-5-10(9)12/h2-5,11H,6-7H2,1H3. The van der Waals surface area contributed by atoms with Crippen LogP contribution in [0.15, 0.2) is 24.3 Å². The highest BCUT2D eigenvalue weighted by atomic mass is 32.2. The van der Waals surface area contributed by atoms with Gasteiger partial charge in [-0.3, -0.25) is 4.79 Å². The molecule has 0 aromatic heterocycles. The molecular weight excluding hydrogens is 213 g/mol.